The molecule has 0 nitrogen and oxygen atoms in total. The van der Waals surface area contributed by atoms with Crippen molar-refractivity contribution in [2.45, 2.75) is 164 Å². The fourth-order valence-electron chi connectivity index (χ4n) is 22.7. The molecular weight excluding hydrogens is 1580 g/mol. The smallest absolute Gasteiger partial charge is 0.166 e. The van der Waals surface area contributed by atoms with Crippen LogP contribution in [0.3, 0.4) is 0 Å². The van der Waals surface area contributed by atoms with Crippen molar-refractivity contribution in [2.75, 3.05) is 0 Å². The zero-order chi connectivity index (χ0) is 86.4. The number of benzene rings is 18. The van der Waals surface area contributed by atoms with Crippen LogP contribution in [0.15, 0.2) is 352 Å². The normalized spacial score (nSPS) is 15.3. The van der Waals surface area contributed by atoms with Crippen LogP contribution in [0.25, 0.3) is 176 Å². The molecule has 18 aromatic carbocycles. The van der Waals surface area contributed by atoms with E-state index >= 15 is 0 Å². The molecule has 0 heterocycles. The molecular formula is C122H102F6. The van der Waals surface area contributed by atoms with Gasteiger partial charge in [-0.1, -0.05) is 405 Å². The number of halogens is 6. The minimum Gasteiger partial charge on any atom is -0.166 e. The summed E-state index contributed by atoms with van der Waals surface area (Å²) in [4.78, 5) is 0. The molecule has 0 saturated heterocycles. The monoisotopic (exact) mass is 1680 g/mol. The molecule has 0 spiro atoms. The van der Waals surface area contributed by atoms with Gasteiger partial charge in [0.05, 0.1) is 11.1 Å². The van der Waals surface area contributed by atoms with Crippen LogP contribution in [0.2, 0.25) is 0 Å². The maximum Gasteiger partial charge on any atom is 0.416 e. The molecule has 4 aliphatic rings. The number of alkyl halides is 6. The van der Waals surface area contributed by atoms with Crippen LogP contribution in [0.1, 0.15) is 185 Å². The number of fused-ring (bicyclic) bond motifs is 6. The van der Waals surface area contributed by atoms with E-state index in [1.54, 1.807) is 24.3 Å². The molecule has 0 aromatic heterocycles. The van der Waals surface area contributed by atoms with E-state index in [2.05, 4.69) is 303 Å². The van der Waals surface area contributed by atoms with Crippen molar-refractivity contribution in [2.24, 2.45) is 0 Å². The molecule has 0 amide bonds. The first-order valence-electron chi connectivity index (χ1n) is 46.8. The van der Waals surface area contributed by atoms with Crippen LogP contribution < -0.4 is 0 Å². The van der Waals surface area contributed by atoms with Gasteiger partial charge in [0, 0.05) is 0 Å². The maximum absolute atomic E-state index is 14.5. The van der Waals surface area contributed by atoms with Gasteiger partial charge in [0.25, 0.3) is 0 Å². The fraction of sp³-hybridized carbons (Fsp3) is 0.213. The third-order valence-corrected chi connectivity index (χ3v) is 29.0. The number of hydrogen-bond acceptors (Lipinski definition) is 0. The van der Waals surface area contributed by atoms with Crippen LogP contribution in [-0.2, 0) is 12.4 Å². The largest absolute Gasteiger partial charge is 0.416 e. The zero-order valence-electron chi connectivity index (χ0n) is 72.2. The molecule has 4 saturated carbocycles. The minimum atomic E-state index is -4.53. The summed E-state index contributed by atoms with van der Waals surface area (Å²) >= 11 is 0. The Morgan fingerprint density at radius 1 is 0.156 bits per heavy atom. The predicted molar refractivity (Wildman–Crippen MR) is 526 cm³/mol. The second kappa shape index (κ2) is 35.4. The van der Waals surface area contributed by atoms with E-state index in [9.17, 15) is 26.3 Å². The third kappa shape index (κ3) is 15.9. The quantitative estimate of drug-likeness (QED) is 0.0752. The average molecular weight is 1680 g/mol. The molecule has 18 aromatic rings. The highest BCUT2D eigenvalue weighted by molar-refractivity contribution is 6.36. The van der Waals surface area contributed by atoms with Crippen LogP contribution in [-0.4, -0.2) is 0 Å². The summed E-state index contributed by atoms with van der Waals surface area (Å²) < 4.78 is 87.2. The standard InChI is InChI=1S/C68H66F6.C54H36/c69-67(70,71)55-35-29-51(30-36-55)63-60-42-54(46-19-11-4-12-20-46)34-40-58(60)62(50-27-23-48(24-28-50)44-15-7-2-8-16-44)66-64(52-31-37-56(38-32-52)68(72,73)74)59-41-53(45-17-9-3-10-18-45)33-39-57(59)61(65(63)66)49-25-21-47(22-26-49)43-13-5-1-6-14-43;1-5-17-37(18-6-1)39-29-33-43(34-30-39)51-47-27-15-13-25-45(47)50(42-23-11-4-12-24-42)54-52(44-35-31-40(32-36-44)38-19-7-2-8-20-38)48-28-16-14-26-46(48)49(53(51)54)41-21-9-3-10-22-41/h21-46H,1-20H2;1-36H. The SMILES string of the molecule is FC(F)(F)c1ccc(-c2c3cc(C4CCCCC4)ccc3c(-c3ccc(C4CCCCC4)cc3)c3c(-c4ccc(C(F)(F)F)cc4)c4cc(C5CCCCC5)ccc4c(-c4ccc(C5CCCCC5)cc4)c23)cc1.c1ccc(-c2ccc(-c3c4ccccc4c(-c4ccccc4)c4c(-c5ccc(-c6ccccc6)cc5)c5ccccc5c(-c5ccccc5)c34)cc2)cc1. The lowest BCUT2D eigenvalue weighted by atomic mass is 9.75. The van der Waals surface area contributed by atoms with Gasteiger partial charge in [0.15, 0.2) is 0 Å². The van der Waals surface area contributed by atoms with Crippen molar-refractivity contribution in [3.05, 3.63) is 385 Å². The highest BCUT2D eigenvalue weighted by Crippen LogP contribution is 2.58. The lowest BCUT2D eigenvalue weighted by Crippen LogP contribution is -2.06. The Hall–Kier alpha value is -12.9. The highest BCUT2D eigenvalue weighted by atomic mass is 19.4. The molecule has 0 bridgehead atoms. The Kier molecular flexibility index (Phi) is 22.7. The molecule has 22 rings (SSSR count). The van der Waals surface area contributed by atoms with Crippen molar-refractivity contribution in [3.8, 4) is 111 Å². The summed E-state index contributed by atoms with van der Waals surface area (Å²) in [5, 5.41) is 13.2. The molecule has 0 radical (unpaired) electrons. The van der Waals surface area contributed by atoms with E-state index in [1.807, 2.05) is 0 Å². The molecule has 0 unspecified atom stereocenters. The van der Waals surface area contributed by atoms with E-state index < -0.39 is 23.5 Å². The first-order valence-corrected chi connectivity index (χ1v) is 46.8. The fourth-order valence-corrected chi connectivity index (χ4v) is 22.7. The van der Waals surface area contributed by atoms with Gasteiger partial charge >= 0.3 is 12.4 Å². The Morgan fingerprint density at radius 3 is 0.594 bits per heavy atom. The predicted octanol–water partition coefficient (Wildman–Crippen LogP) is 37.2. The van der Waals surface area contributed by atoms with Gasteiger partial charge in [0.2, 0.25) is 0 Å². The van der Waals surface area contributed by atoms with Crippen molar-refractivity contribution in [1.29, 1.82) is 0 Å². The summed E-state index contributed by atoms with van der Waals surface area (Å²) in [5.41, 5.74) is 25.5. The molecule has 4 aliphatic carbocycles. The minimum absolute atomic E-state index is 0.354. The van der Waals surface area contributed by atoms with Gasteiger partial charge in [-0.2, -0.15) is 26.3 Å². The second-order valence-corrected chi connectivity index (χ2v) is 36.6. The second-order valence-electron chi connectivity index (χ2n) is 36.6. The molecule has 0 aliphatic heterocycles. The van der Waals surface area contributed by atoms with E-state index in [4.69, 9.17) is 0 Å². The summed E-state index contributed by atoms with van der Waals surface area (Å²) in [6.07, 6.45) is 14.3. The van der Waals surface area contributed by atoms with E-state index in [0.29, 0.717) is 34.8 Å². The maximum atomic E-state index is 14.5. The Morgan fingerprint density at radius 2 is 0.336 bits per heavy atom. The molecule has 0 atom stereocenters. The molecule has 4 fully saturated rings. The number of rotatable bonds is 14. The third-order valence-electron chi connectivity index (χ3n) is 29.0. The number of hydrogen-bond donors (Lipinski definition) is 0. The highest BCUT2D eigenvalue weighted by Gasteiger charge is 2.35. The van der Waals surface area contributed by atoms with Crippen molar-refractivity contribution < 1.29 is 26.3 Å². The van der Waals surface area contributed by atoms with Crippen molar-refractivity contribution in [1.82, 2.24) is 0 Å². The zero-order valence-corrected chi connectivity index (χ0v) is 72.2. The molecule has 0 N–H and O–H groups in total. The van der Waals surface area contributed by atoms with Gasteiger partial charge in [-0.15, -0.1) is 0 Å². The van der Waals surface area contributed by atoms with Gasteiger partial charge < -0.3 is 0 Å². The molecule has 6 heteroatoms. The van der Waals surface area contributed by atoms with Gasteiger partial charge in [-0.05, 0) is 297 Å². The van der Waals surface area contributed by atoms with Crippen LogP contribution in [0.5, 0.6) is 0 Å². The molecule has 128 heavy (non-hydrogen) atoms. The van der Waals surface area contributed by atoms with Crippen molar-refractivity contribution >= 4 is 64.6 Å². The lowest BCUT2D eigenvalue weighted by molar-refractivity contribution is -0.138. The first kappa shape index (κ1) is 82.1. The van der Waals surface area contributed by atoms with E-state index in [-0.39, 0.29) is 0 Å². The summed E-state index contributed by atoms with van der Waals surface area (Å²) in [6, 6.07) is 123. The Bertz CT molecular complexity index is 6620. The van der Waals surface area contributed by atoms with Gasteiger partial charge in [0.1, 0.15) is 0 Å². The summed E-state index contributed by atoms with van der Waals surface area (Å²) in [5.74, 6) is 1.68. The van der Waals surface area contributed by atoms with Crippen LogP contribution in [0, 0.1) is 0 Å². The van der Waals surface area contributed by atoms with Crippen molar-refractivity contribution in [3.63, 3.8) is 0 Å². The lowest BCUT2D eigenvalue weighted by Gasteiger charge is -2.28. The topological polar surface area (TPSA) is 0 Å². The Labute approximate surface area is 747 Å². The average Bonchev–Trinajstić information content (AvgIpc) is 0.699. The summed E-state index contributed by atoms with van der Waals surface area (Å²) in [7, 11) is 0. The van der Waals surface area contributed by atoms with Crippen LogP contribution >= 0.6 is 0 Å². The first-order chi connectivity index (χ1) is 62.8. The van der Waals surface area contributed by atoms with Gasteiger partial charge in [-0.3, -0.25) is 0 Å². The molecule has 632 valence electrons. The van der Waals surface area contributed by atoms with E-state index in [0.717, 1.165) is 143 Å². The Balaban J connectivity index is 0.000000163. The van der Waals surface area contributed by atoms with Gasteiger partial charge in [-0.25, -0.2) is 0 Å². The van der Waals surface area contributed by atoms with Crippen LogP contribution in [0.4, 0.5) is 26.3 Å². The summed E-state index contributed by atoms with van der Waals surface area (Å²) in [6.45, 7) is 0. The van der Waals surface area contributed by atoms with E-state index in [1.165, 1.54) is 197 Å².